The van der Waals surface area contributed by atoms with Crippen LogP contribution < -0.4 is 0 Å². The number of rotatable bonds is 1. The van der Waals surface area contributed by atoms with Gasteiger partial charge in [0, 0.05) is 5.41 Å². The first-order valence-electron chi connectivity index (χ1n) is 6.22. The molecule has 1 heterocycles. The molecule has 0 amide bonds. The maximum absolute atomic E-state index is 12.7. The first-order valence-corrected chi connectivity index (χ1v) is 6.22. The average molecular weight is 284 g/mol. The quantitative estimate of drug-likeness (QED) is 0.727. The maximum atomic E-state index is 12.7. The molecule has 1 aromatic carbocycles. The fraction of sp³-hybridized carbons (Fsp3) is 0.400. The van der Waals surface area contributed by atoms with Crippen LogP contribution in [0.4, 0.5) is 13.2 Å². The van der Waals surface area contributed by atoms with Crippen LogP contribution in [0.15, 0.2) is 29.8 Å². The van der Waals surface area contributed by atoms with Gasteiger partial charge in [0.2, 0.25) is 0 Å². The second-order valence-corrected chi connectivity index (χ2v) is 5.51. The number of esters is 1. The Hall–Kier alpha value is -1.78. The molecule has 1 aliphatic heterocycles. The van der Waals surface area contributed by atoms with E-state index in [1.807, 2.05) is 13.8 Å². The van der Waals surface area contributed by atoms with E-state index in [1.165, 1.54) is 6.07 Å². The molecule has 1 aromatic rings. The predicted molar refractivity (Wildman–Crippen MR) is 68.8 cm³/mol. The SMILES string of the molecule is CC1(C)COC(=O)C/C1=C\c1cccc(C(F)(F)F)c1. The molecular formula is C15H15F3O2. The molecule has 1 saturated heterocycles. The van der Waals surface area contributed by atoms with E-state index in [-0.39, 0.29) is 24.4 Å². The Bertz CT molecular complexity index is 556. The fourth-order valence-corrected chi connectivity index (χ4v) is 2.05. The molecule has 0 N–H and O–H groups in total. The molecule has 20 heavy (non-hydrogen) atoms. The predicted octanol–water partition coefficient (Wildman–Crippen LogP) is 4.06. The lowest BCUT2D eigenvalue weighted by Crippen LogP contribution is -2.31. The molecule has 0 spiro atoms. The molecule has 1 aliphatic rings. The Kier molecular flexibility index (Phi) is 3.63. The molecule has 0 radical (unpaired) electrons. The van der Waals surface area contributed by atoms with E-state index in [1.54, 1.807) is 12.1 Å². The summed E-state index contributed by atoms with van der Waals surface area (Å²) in [7, 11) is 0. The van der Waals surface area contributed by atoms with Crippen molar-refractivity contribution in [2.45, 2.75) is 26.4 Å². The summed E-state index contributed by atoms with van der Waals surface area (Å²) < 4.78 is 43.0. The minimum Gasteiger partial charge on any atom is -0.465 e. The van der Waals surface area contributed by atoms with Crippen molar-refractivity contribution in [3.63, 3.8) is 0 Å². The van der Waals surface area contributed by atoms with Crippen molar-refractivity contribution in [3.05, 3.63) is 41.0 Å². The van der Waals surface area contributed by atoms with Crippen molar-refractivity contribution >= 4 is 12.0 Å². The van der Waals surface area contributed by atoms with Crippen molar-refractivity contribution in [2.24, 2.45) is 5.41 Å². The van der Waals surface area contributed by atoms with Crippen LogP contribution in [-0.2, 0) is 15.7 Å². The van der Waals surface area contributed by atoms with Crippen LogP contribution in [0.3, 0.4) is 0 Å². The number of ether oxygens (including phenoxy) is 1. The lowest BCUT2D eigenvalue weighted by Gasteiger charge is -2.32. The monoisotopic (exact) mass is 284 g/mol. The van der Waals surface area contributed by atoms with Gasteiger partial charge in [-0.3, -0.25) is 4.79 Å². The third-order valence-corrected chi connectivity index (χ3v) is 3.35. The van der Waals surface area contributed by atoms with Crippen molar-refractivity contribution in [1.29, 1.82) is 0 Å². The Balaban J connectivity index is 2.36. The van der Waals surface area contributed by atoms with Crippen LogP contribution in [0.5, 0.6) is 0 Å². The molecule has 0 aromatic heterocycles. The van der Waals surface area contributed by atoms with Gasteiger partial charge in [0.15, 0.2) is 0 Å². The summed E-state index contributed by atoms with van der Waals surface area (Å²) in [6.45, 7) is 4.05. The summed E-state index contributed by atoms with van der Waals surface area (Å²) in [5, 5.41) is 0. The van der Waals surface area contributed by atoms with Gasteiger partial charge in [0.05, 0.1) is 12.0 Å². The van der Waals surface area contributed by atoms with E-state index in [0.29, 0.717) is 5.56 Å². The van der Waals surface area contributed by atoms with Crippen LogP contribution in [0.2, 0.25) is 0 Å². The molecule has 0 aliphatic carbocycles. The Morgan fingerprint density at radius 1 is 1.30 bits per heavy atom. The smallest absolute Gasteiger partial charge is 0.416 e. The normalized spacial score (nSPS) is 20.9. The molecule has 108 valence electrons. The summed E-state index contributed by atoms with van der Waals surface area (Å²) in [4.78, 5) is 11.3. The molecule has 2 rings (SSSR count). The van der Waals surface area contributed by atoms with E-state index >= 15 is 0 Å². The van der Waals surface area contributed by atoms with E-state index in [4.69, 9.17) is 4.74 Å². The summed E-state index contributed by atoms with van der Waals surface area (Å²) in [6.07, 6.45) is -2.60. The number of hydrogen-bond donors (Lipinski definition) is 0. The zero-order valence-electron chi connectivity index (χ0n) is 11.3. The lowest BCUT2D eigenvalue weighted by atomic mass is 9.80. The van der Waals surface area contributed by atoms with E-state index in [2.05, 4.69) is 0 Å². The zero-order valence-corrected chi connectivity index (χ0v) is 11.3. The number of carbonyl (C=O) groups excluding carboxylic acids is 1. The minimum absolute atomic E-state index is 0.114. The number of carbonyl (C=O) groups is 1. The molecule has 2 nitrogen and oxygen atoms in total. The van der Waals surface area contributed by atoms with Gasteiger partial charge in [-0.25, -0.2) is 0 Å². The molecule has 5 heteroatoms. The number of benzene rings is 1. The second-order valence-electron chi connectivity index (χ2n) is 5.51. The van der Waals surface area contributed by atoms with Gasteiger partial charge in [-0.2, -0.15) is 13.2 Å². The highest BCUT2D eigenvalue weighted by Crippen LogP contribution is 2.36. The Labute approximate surface area is 115 Å². The molecule has 0 atom stereocenters. The van der Waals surface area contributed by atoms with Gasteiger partial charge in [-0.1, -0.05) is 32.1 Å². The minimum atomic E-state index is -4.37. The molecule has 0 unspecified atom stereocenters. The fourth-order valence-electron chi connectivity index (χ4n) is 2.05. The van der Waals surface area contributed by atoms with E-state index in [0.717, 1.165) is 17.7 Å². The number of hydrogen-bond acceptors (Lipinski definition) is 2. The van der Waals surface area contributed by atoms with Gasteiger partial charge >= 0.3 is 12.1 Å². The summed E-state index contributed by atoms with van der Waals surface area (Å²) in [6, 6.07) is 5.08. The third kappa shape index (κ3) is 3.21. The number of halogens is 3. The second kappa shape index (κ2) is 4.96. The van der Waals surface area contributed by atoms with Crippen molar-refractivity contribution in [1.82, 2.24) is 0 Å². The summed E-state index contributed by atoms with van der Waals surface area (Å²) in [5.74, 6) is -0.345. The van der Waals surface area contributed by atoms with Gasteiger partial charge < -0.3 is 4.74 Å². The van der Waals surface area contributed by atoms with E-state index < -0.39 is 11.7 Å². The highest BCUT2D eigenvalue weighted by Gasteiger charge is 2.33. The van der Waals surface area contributed by atoms with Crippen LogP contribution in [-0.4, -0.2) is 12.6 Å². The summed E-state index contributed by atoms with van der Waals surface area (Å²) in [5.41, 5.74) is 0.177. The van der Waals surface area contributed by atoms with Gasteiger partial charge in [0.25, 0.3) is 0 Å². The largest absolute Gasteiger partial charge is 0.465 e. The highest BCUT2D eigenvalue weighted by atomic mass is 19.4. The van der Waals surface area contributed by atoms with Crippen LogP contribution in [0.1, 0.15) is 31.4 Å². The highest BCUT2D eigenvalue weighted by molar-refractivity contribution is 5.77. The van der Waals surface area contributed by atoms with Crippen molar-refractivity contribution in [3.8, 4) is 0 Å². The maximum Gasteiger partial charge on any atom is 0.416 e. The number of cyclic esters (lactones) is 1. The first-order chi connectivity index (χ1) is 9.18. The topological polar surface area (TPSA) is 26.3 Å². The van der Waals surface area contributed by atoms with E-state index in [9.17, 15) is 18.0 Å². The third-order valence-electron chi connectivity index (χ3n) is 3.35. The molecule has 1 fully saturated rings. The van der Waals surface area contributed by atoms with Crippen LogP contribution in [0.25, 0.3) is 6.08 Å². The van der Waals surface area contributed by atoms with Gasteiger partial charge in [0.1, 0.15) is 6.61 Å². The Morgan fingerprint density at radius 2 is 2.00 bits per heavy atom. The van der Waals surface area contributed by atoms with Crippen LogP contribution >= 0.6 is 0 Å². The average Bonchev–Trinajstić information content (AvgIpc) is 2.34. The van der Waals surface area contributed by atoms with Crippen molar-refractivity contribution < 1.29 is 22.7 Å². The number of alkyl halides is 3. The molecule has 0 bridgehead atoms. The molecule has 0 saturated carbocycles. The lowest BCUT2D eigenvalue weighted by molar-refractivity contribution is -0.148. The molecular weight excluding hydrogens is 269 g/mol. The van der Waals surface area contributed by atoms with Gasteiger partial charge in [-0.15, -0.1) is 0 Å². The van der Waals surface area contributed by atoms with Crippen molar-refractivity contribution in [2.75, 3.05) is 6.61 Å². The zero-order chi connectivity index (χ0) is 15.0. The van der Waals surface area contributed by atoms with Gasteiger partial charge in [-0.05, 0) is 23.3 Å². The summed E-state index contributed by atoms with van der Waals surface area (Å²) >= 11 is 0. The first kappa shape index (κ1) is 14.6. The van der Waals surface area contributed by atoms with Crippen LogP contribution in [0, 0.1) is 5.41 Å². The Morgan fingerprint density at radius 3 is 2.65 bits per heavy atom. The standard InChI is InChI=1S/C15H15F3O2/c1-14(2)9-20-13(19)8-12(14)7-10-4-3-5-11(6-10)15(16,17)18/h3-7H,8-9H2,1-2H3/b12-7+.